The Labute approximate surface area is 70.5 Å². The van der Waals surface area contributed by atoms with Gasteiger partial charge < -0.3 is 9.26 Å². The first-order chi connectivity index (χ1) is 5.36. The fraction of sp³-hybridized carbons (Fsp3) is 1.00. The van der Waals surface area contributed by atoms with E-state index in [1.807, 2.05) is 6.66 Å². The predicted molar refractivity (Wildman–Crippen MR) is 48.4 cm³/mol. The van der Waals surface area contributed by atoms with E-state index in [-0.39, 0.29) is 0 Å². The van der Waals surface area contributed by atoms with Crippen molar-refractivity contribution >= 4 is 8.81 Å². The molecule has 0 saturated carbocycles. The molecule has 11 heavy (non-hydrogen) atoms. The van der Waals surface area contributed by atoms with Gasteiger partial charge in [-0.05, 0) is 25.9 Å². The van der Waals surface area contributed by atoms with Crippen LogP contribution in [0.1, 0.15) is 26.2 Å². The van der Waals surface area contributed by atoms with Gasteiger partial charge in [0.15, 0.2) is 0 Å². The molecule has 1 rings (SSSR count). The van der Waals surface area contributed by atoms with Gasteiger partial charge in [-0.3, -0.25) is 0 Å². The maximum atomic E-state index is 5.69. The molecule has 2 nitrogen and oxygen atoms in total. The van der Waals surface area contributed by atoms with Gasteiger partial charge in [0.1, 0.15) is 0 Å². The van der Waals surface area contributed by atoms with Gasteiger partial charge in [-0.25, -0.2) is 0 Å². The second-order valence-corrected chi connectivity index (χ2v) is 3.58. The van der Waals surface area contributed by atoms with Crippen LogP contribution in [0.3, 0.4) is 0 Å². The Morgan fingerprint density at radius 2 is 2.18 bits per heavy atom. The van der Waals surface area contributed by atoms with Gasteiger partial charge in [-0.1, -0.05) is 6.92 Å². The molecule has 3 unspecified atom stereocenters. The Hall–Kier alpha value is 0.350. The summed E-state index contributed by atoms with van der Waals surface area (Å²) >= 11 is 0. The highest BCUT2D eigenvalue weighted by Crippen LogP contribution is 2.23. The van der Waals surface area contributed by atoms with Crippen molar-refractivity contribution < 1.29 is 9.26 Å². The first-order valence-electron chi connectivity index (χ1n) is 4.30. The molecule has 1 saturated heterocycles. The first kappa shape index (κ1) is 9.44. The summed E-state index contributed by atoms with van der Waals surface area (Å²) in [5.41, 5.74) is 0. The smallest absolute Gasteiger partial charge is 0.0816 e. The summed E-state index contributed by atoms with van der Waals surface area (Å²) in [6.45, 7) is 5.02. The average molecular weight is 176 g/mol. The van der Waals surface area contributed by atoms with Crippen LogP contribution < -0.4 is 0 Å². The van der Waals surface area contributed by atoms with Crippen LogP contribution in [0.4, 0.5) is 0 Å². The summed E-state index contributed by atoms with van der Waals surface area (Å²) in [7, 11) is 0.597. The molecule has 0 amide bonds. The van der Waals surface area contributed by atoms with Gasteiger partial charge in [0.25, 0.3) is 0 Å². The maximum absolute atomic E-state index is 5.69. The summed E-state index contributed by atoms with van der Waals surface area (Å²) in [5, 5.41) is 0. The van der Waals surface area contributed by atoms with Crippen molar-refractivity contribution in [3.8, 4) is 0 Å². The molecule has 3 atom stereocenters. The summed E-state index contributed by atoms with van der Waals surface area (Å²) < 4.78 is 11.0. The molecule has 0 spiro atoms. The van der Waals surface area contributed by atoms with E-state index in [1.165, 1.54) is 12.8 Å². The van der Waals surface area contributed by atoms with Crippen LogP contribution in [0.15, 0.2) is 0 Å². The van der Waals surface area contributed by atoms with Crippen molar-refractivity contribution in [1.29, 1.82) is 0 Å². The third-order valence-corrected chi connectivity index (χ3v) is 2.52. The summed E-state index contributed by atoms with van der Waals surface area (Å²) in [6.07, 6.45) is 4.43. The van der Waals surface area contributed by atoms with E-state index in [2.05, 4.69) is 6.92 Å². The minimum Gasteiger partial charge on any atom is -0.373 e. The third kappa shape index (κ3) is 3.06. The number of hydrogen-bond acceptors (Lipinski definition) is 2. The van der Waals surface area contributed by atoms with Crippen LogP contribution in [0.2, 0.25) is 0 Å². The molecule has 0 bridgehead atoms. The molecule has 0 aromatic rings. The SMILES string of the molecule is CCC1CCC(COPC)O1. The molecule has 66 valence electrons. The molecule has 0 aromatic carbocycles. The Morgan fingerprint density at radius 1 is 1.45 bits per heavy atom. The van der Waals surface area contributed by atoms with E-state index >= 15 is 0 Å². The lowest BCUT2D eigenvalue weighted by molar-refractivity contribution is 0.0200. The Morgan fingerprint density at radius 3 is 2.73 bits per heavy atom. The Bertz CT molecular complexity index is 108. The molecule has 1 aliphatic heterocycles. The maximum Gasteiger partial charge on any atom is 0.0816 e. The minimum absolute atomic E-state index is 0.382. The van der Waals surface area contributed by atoms with Gasteiger partial charge in [0, 0.05) is 8.81 Å². The quantitative estimate of drug-likeness (QED) is 0.611. The zero-order valence-electron chi connectivity index (χ0n) is 7.30. The molecular weight excluding hydrogens is 159 g/mol. The van der Waals surface area contributed by atoms with Crippen LogP contribution >= 0.6 is 8.81 Å². The molecule has 1 aliphatic rings. The van der Waals surface area contributed by atoms with Crippen LogP contribution in [-0.4, -0.2) is 25.5 Å². The van der Waals surface area contributed by atoms with E-state index in [1.54, 1.807) is 0 Å². The molecule has 3 heteroatoms. The van der Waals surface area contributed by atoms with Crippen molar-refractivity contribution in [3.63, 3.8) is 0 Å². The number of rotatable bonds is 4. The largest absolute Gasteiger partial charge is 0.373 e. The zero-order valence-corrected chi connectivity index (χ0v) is 8.30. The molecule has 1 fully saturated rings. The highest BCUT2D eigenvalue weighted by Gasteiger charge is 2.23. The summed E-state index contributed by atoms with van der Waals surface area (Å²) in [6, 6.07) is 0. The lowest BCUT2D eigenvalue weighted by atomic mass is 10.2. The summed E-state index contributed by atoms with van der Waals surface area (Å²) in [5.74, 6) is 0. The van der Waals surface area contributed by atoms with Gasteiger partial charge in [-0.2, -0.15) is 0 Å². The van der Waals surface area contributed by atoms with Crippen LogP contribution in [0, 0.1) is 0 Å². The number of ether oxygens (including phenoxy) is 1. The topological polar surface area (TPSA) is 18.5 Å². The van der Waals surface area contributed by atoms with Crippen molar-refractivity contribution in [2.75, 3.05) is 13.3 Å². The minimum atomic E-state index is 0.382. The van der Waals surface area contributed by atoms with E-state index in [0.29, 0.717) is 21.0 Å². The number of hydrogen-bond donors (Lipinski definition) is 0. The van der Waals surface area contributed by atoms with Crippen molar-refractivity contribution in [1.82, 2.24) is 0 Å². The fourth-order valence-electron chi connectivity index (χ4n) is 1.38. The molecule has 0 N–H and O–H groups in total. The third-order valence-electron chi connectivity index (χ3n) is 2.06. The van der Waals surface area contributed by atoms with Gasteiger partial charge >= 0.3 is 0 Å². The van der Waals surface area contributed by atoms with Crippen molar-refractivity contribution in [2.24, 2.45) is 0 Å². The lowest BCUT2D eigenvalue weighted by Crippen LogP contribution is -2.14. The van der Waals surface area contributed by atoms with Crippen molar-refractivity contribution in [3.05, 3.63) is 0 Å². The van der Waals surface area contributed by atoms with E-state index < -0.39 is 0 Å². The molecule has 0 aliphatic carbocycles. The highest BCUT2D eigenvalue weighted by atomic mass is 31.1. The molecule has 0 aromatic heterocycles. The monoisotopic (exact) mass is 176 g/mol. The predicted octanol–water partition coefficient (Wildman–Crippen LogP) is 2.18. The van der Waals surface area contributed by atoms with E-state index in [9.17, 15) is 0 Å². The van der Waals surface area contributed by atoms with E-state index in [0.717, 1.165) is 13.0 Å². The van der Waals surface area contributed by atoms with Gasteiger partial charge in [0.2, 0.25) is 0 Å². The second-order valence-electron chi connectivity index (χ2n) is 2.88. The van der Waals surface area contributed by atoms with Crippen molar-refractivity contribution in [2.45, 2.75) is 38.4 Å². The first-order valence-corrected chi connectivity index (χ1v) is 5.71. The average Bonchev–Trinajstić information content (AvgIpc) is 2.48. The van der Waals surface area contributed by atoms with Crippen LogP contribution in [0.25, 0.3) is 0 Å². The standard InChI is InChI=1S/C8H17O2P/c1-3-7-4-5-8(10-7)6-9-11-2/h7-8,11H,3-6H2,1-2H3. The Kier molecular flexibility index (Phi) is 4.36. The molecule has 1 heterocycles. The van der Waals surface area contributed by atoms with Gasteiger partial charge in [0.05, 0.1) is 18.8 Å². The normalized spacial score (nSPS) is 32.2. The highest BCUT2D eigenvalue weighted by molar-refractivity contribution is 7.31. The van der Waals surface area contributed by atoms with Crippen LogP contribution in [0.5, 0.6) is 0 Å². The fourth-order valence-corrected chi connectivity index (χ4v) is 1.73. The summed E-state index contributed by atoms with van der Waals surface area (Å²) in [4.78, 5) is 0. The lowest BCUT2D eigenvalue weighted by Gasteiger charge is -2.11. The van der Waals surface area contributed by atoms with Crippen LogP contribution in [-0.2, 0) is 9.26 Å². The van der Waals surface area contributed by atoms with E-state index in [4.69, 9.17) is 9.26 Å². The Balaban J connectivity index is 2.09. The molecular formula is C8H17O2P. The molecule has 0 radical (unpaired) electrons. The second kappa shape index (κ2) is 5.08. The van der Waals surface area contributed by atoms with Gasteiger partial charge in [-0.15, -0.1) is 0 Å². The zero-order chi connectivity index (χ0) is 8.10.